The zero-order valence-corrected chi connectivity index (χ0v) is 13.2. The second kappa shape index (κ2) is 7.79. The van der Waals surface area contributed by atoms with Crippen LogP contribution in [0.25, 0.3) is 0 Å². The Bertz CT molecular complexity index is 533. The molecular weight excluding hydrogens is 282 g/mol. The van der Waals surface area contributed by atoms with E-state index in [-0.39, 0.29) is 18.4 Å². The number of hydrogen-bond donors (Lipinski definition) is 1. The van der Waals surface area contributed by atoms with Crippen molar-refractivity contribution in [1.82, 2.24) is 9.80 Å². The van der Waals surface area contributed by atoms with Crippen LogP contribution in [0.3, 0.4) is 0 Å². The summed E-state index contributed by atoms with van der Waals surface area (Å²) in [6.07, 6.45) is 0.781. The van der Waals surface area contributed by atoms with Gasteiger partial charge in [0.25, 0.3) is 5.91 Å². The van der Waals surface area contributed by atoms with Crippen molar-refractivity contribution in [2.45, 2.75) is 6.42 Å². The van der Waals surface area contributed by atoms with Gasteiger partial charge in [-0.2, -0.15) is 0 Å². The van der Waals surface area contributed by atoms with Crippen molar-refractivity contribution in [1.29, 1.82) is 0 Å². The van der Waals surface area contributed by atoms with Crippen LogP contribution in [-0.2, 0) is 9.53 Å². The number of ether oxygens (including phenoxy) is 1. The number of amides is 2. The minimum atomic E-state index is -0.0209. The molecule has 2 amide bonds. The van der Waals surface area contributed by atoms with Crippen LogP contribution in [0, 0.1) is 0 Å². The predicted molar refractivity (Wildman–Crippen MR) is 85.0 cm³/mol. The molecule has 1 heterocycles. The molecule has 0 bridgehead atoms. The predicted octanol–water partition coefficient (Wildman–Crippen LogP) is 1.05. The van der Waals surface area contributed by atoms with Gasteiger partial charge in [0, 0.05) is 46.0 Å². The third kappa shape index (κ3) is 3.76. The fourth-order valence-electron chi connectivity index (χ4n) is 2.64. The lowest BCUT2D eigenvalue weighted by Crippen LogP contribution is -2.38. The summed E-state index contributed by atoms with van der Waals surface area (Å²) in [7, 11) is 3.32. The van der Waals surface area contributed by atoms with Gasteiger partial charge in [0.2, 0.25) is 5.91 Å². The molecule has 1 aliphatic heterocycles. The molecule has 0 saturated carbocycles. The number of carbonyl (C=O) groups excluding carboxylic acids is 2. The summed E-state index contributed by atoms with van der Waals surface area (Å²) in [5, 5.41) is 3.05. The second-order valence-corrected chi connectivity index (χ2v) is 5.26. The number of rotatable bonds is 4. The lowest BCUT2D eigenvalue weighted by Gasteiger charge is -2.23. The Hall–Kier alpha value is -2.08. The molecule has 1 saturated heterocycles. The van der Waals surface area contributed by atoms with Gasteiger partial charge < -0.3 is 19.9 Å². The van der Waals surface area contributed by atoms with Crippen LogP contribution >= 0.6 is 0 Å². The maximum atomic E-state index is 12.7. The van der Waals surface area contributed by atoms with Crippen LogP contribution in [0.2, 0.25) is 0 Å². The Morgan fingerprint density at radius 1 is 1.14 bits per heavy atom. The van der Waals surface area contributed by atoms with E-state index in [0.29, 0.717) is 31.7 Å². The van der Waals surface area contributed by atoms with E-state index in [2.05, 4.69) is 5.32 Å². The van der Waals surface area contributed by atoms with Gasteiger partial charge in [0.15, 0.2) is 0 Å². The standard InChI is InChI=1S/C16H23N3O3/c1-17-14-7-4-3-6-13(14)16(21)19-9-5-8-18(10-11-19)15(20)12-22-2/h3-4,6-7,17H,5,8-12H2,1-2H3. The summed E-state index contributed by atoms with van der Waals surface area (Å²) in [5.74, 6) is -0.0154. The van der Waals surface area contributed by atoms with Crippen molar-refractivity contribution in [2.75, 3.05) is 52.3 Å². The highest BCUT2D eigenvalue weighted by atomic mass is 16.5. The van der Waals surface area contributed by atoms with Crippen molar-refractivity contribution >= 4 is 17.5 Å². The van der Waals surface area contributed by atoms with Crippen LogP contribution in [0.5, 0.6) is 0 Å². The van der Waals surface area contributed by atoms with Crippen LogP contribution in [0.1, 0.15) is 16.8 Å². The first-order valence-corrected chi connectivity index (χ1v) is 7.50. The van der Waals surface area contributed by atoms with Crippen molar-refractivity contribution in [3.05, 3.63) is 29.8 Å². The van der Waals surface area contributed by atoms with E-state index in [0.717, 1.165) is 12.1 Å². The van der Waals surface area contributed by atoms with E-state index in [1.807, 2.05) is 29.2 Å². The summed E-state index contributed by atoms with van der Waals surface area (Å²) in [6.45, 7) is 2.52. The number of para-hydroxylation sites is 1. The quantitative estimate of drug-likeness (QED) is 0.903. The number of hydrogen-bond acceptors (Lipinski definition) is 4. The number of nitrogens with zero attached hydrogens (tertiary/aromatic N) is 2. The van der Waals surface area contributed by atoms with E-state index in [4.69, 9.17) is 4.74 Å². The van der Waals surface area contributed by atoms with Crippen molar-refractivity contribution in [3.63, 3.8) is 0 Å². The lowest BCUT2D eigenvalue weighted by atomic mass is 10.1. The molecule has 1 aromatic rings. The minimum Gasteiger partial charge on any atom is -0.387 e. The number of anilines is 1. The number of methoxy groups -OCH3 is 1. The molecule has 1 N–H and O–H groups in total. The average Bonchev–Trinajstić information content (AvgIpc) is 2.80. The van der Waals surface area contributed by atoms with Crippen molar-refractivity contribution < 1.29 is 14.3 Å². The largest absolute Gasteiger partial charge is 0.387 e. The topological polar surface area (TPSA) is 61.9 Å². The smallest absolute Gasteiger partial charge is 0.256 e. The molecule has 1 aromatic carbocycles. The van der Waals surface area contributed by atoms with Crippen LogP contribution in [0.15, 0.2) is 24.3 Å². The van der Waals surface area contributed by atoms with Gasteiger partial charge in [-0.15, -0.1) is 0 Å². The molecule has 0 aliphatic carbocycles. The molecule has 0 radical (unpaired) electrons. The molecule has 120 valence electrons. The molecule has 0 unspecified atom stereocenters. The first-order chi connectivity index (χ1) is 10.7. The minimum absolute atomic E-state index is 0.00555. The molecule has 1 fully saturated rings. The molecule has 0 spiro atoms. The highest BCUT2D eigenvalue weighted by molar-refractivity contribution is 5.99. The highest BCUT2D eigenvalue weighted by Gasteiger charge is 2.23. The Balaban J connectivity index is 2.04. The van der Waals surface area contributed by atoms with Crippen molar-refractivity contribution in [3.8, 4) is 0 Å². The molecule has 1 aliphatic rings. The van der Waals surface area contributed by atoms with Crippen LogP contribution < -0.4 is 5.32 Å². The molecule has 6 nitrogen and oxygen atoms in total. The summed E-state index contributed by atoms with van der Waals surface area (Å²) < 4.78 is 4.89. The third-order valence-corrected chi connectivity index (χ3v) is 3.83. The van der Waals surface area contributed by atoms with Crippen LogP contribution in [-0.4, -0.2) is 68.6 Å². The van der Waals surface area contributed by atoms with Crippen molar-refractivity contribution in [2.24, 2.45) is 0 Å². The second-order valence-electron chi connectivity index (χ2n) is 5.26. The van der Waals surface area contributed by atoms with Gasteiger partial charge in [0.1, 0.15) is 6.61 Å². The summed E-state index contributed by atoms with van der Waals surface area (Å²) in [4.78, 5) is 28.2. The van der Waals surface area contributed by atoms with Gasteiger partial charge in [-0.25, -0.2) is 0 Å². The number of carbonyl (C=O) groups is 2. The average molecular weight is 305 g/mol. The number of benzene rings is 1. The Morgan fingerprint density at radius 3 is 2.55 bits per heavy atom. The normalized spacial score (nSPS) is 15.4. The summed E-state index contributed by atoms with van der Waals surface area (Å²) in [5.41, 5.74) is 1.49. The van der Waals surface area contributed by atoms with E-state index < -0.39 is 0 Å². The fourth-order valence-corrected chi connectivity index (χ4v) is 2.64. The van der Waals surface area contributed by atoms with Crippen LogP contribution in [0.4, 0.5) is 5.69 Å². The first kappa shape index (κ1) is 16.3. The Kier molecular flexibility index (Phi) is 5.77. The summed E-state index contributed by atoms with van der Waals surface area (Å²) in [6, 6.07) is 7.48. The van der Waals surface area contributed by atoms with Gasteiger partial charge in [-0.05, 0) is 18.6 Å². The first-order valence-electron chi connectivity index (χ1n) is 7.50. The SMILES string of the molecule is CNc1ccccc1C(=O)N1CCCN(C(=O)COC)CC1. The van der Waals surface area contributed by atoms with E-state index in [9.17, 15) is 9.59 Å². The molecule has 0 atom stereocenters. The van der Waals surface area contributed by atoms with E-state index in [1.54, 1.807) is 11.9 Å². The van der Waals surface area contributed by atoms with E-state index >= 15 is 0 Å². The fraction of sp³-hybridized carbons (Fsp3) is 0.500. The maximum absolute atomic E-state index is 12.7. The number of nitrogens with one attached hydrogen (secondary N) is 1. The van der Waals surface area contributed by atoms with Gasteiger partial charge >= 0.3 is 0 Å². The maximum Gasteiger partial charge on any atom is 0.256 e. The third-order valence-electron chi connectivity index (χ3n) is 3.83. The van der Waals surface area contributed by atoms with Gasteiger partial charge in [-0.1, -0.05) is 12.1 Å². The summed E-state index contributed by atoms with van der Waals surface area (Å²) >= 11 is 0. The monoisotopic (exact) mass is 305 g/mol. The Labute approximate surface area is 131 Å². The Morgan fingerprint density at radius 2 is 1.82 bits per heavy atom. The molecule has 0 aromatic heterocycles. The lowest BCUT2D eigenvalue weighted by molar-refractivity contribution is -0.135. The molecule has 6 heteroatoms. The molecule has 22 heavy (non-hydrogen) atoms. The zero-order chi connectivity index (χ0) is 15.9. The van der Waals surface area contributed by atoms with Gasteiger partial charge in [-0.3, -0.25) is 9.59 Å². The van der Waals surface area contributed by atoms with E-state index in [1.165, 1.54) is 7.11 Å². The highest BCUT2D eigenvalue weighted by Crippen LogP contribution is 2.17. The molecular formula is C16H23N3O3. The van der Waals surface area contributed by atoms with Gasteiger partial charge in [0.05, 0.1) is 5.56 Å². The molecule has 2 rings (SSSR count). The zero-order valence-electron chi connectivity index (χ0n) is 13.2.